The minimum Gasteiger partial charge on any atom is -0.489 e. The van der Waals surface area contributed by atoms with E-state index in [1.165, 1.54) is 17.7 Å². The van der Waals surface area contributed by atoms with Gasteiger partial charge >= 0.3 is 6.18 Å². The molecular formula is C33H34ClF4N7O2. The molecule has 0 radical (unpaired) electrons. The summed E-state index contributed by atoms with van der Waals surface area (Å²) in [4.78, 5) is 10.7. The summed E-state index contributed by atoms with van der Waals surface area (Å²) < 4.78 is 67.1. The van der Waals surface area contributed by atoms with Gasteiger partial charge in [0.15, 0.2) is 5.82 Å². The van der Waals surface area contributed by atoms with E-state index >= 15 is 0 Å². The molecule has 47 heavy (non-hydrogen) atoms. The molecule has 2 aliphatic heterocycles. The Kier molecular flexibility index (Phi) is 9.67. The minimum atomic E-state index is -4.66. The number of rotatable bonds is 11. The lowest BCUT2D eigenvalue weighted by Gasteiger charge is -2.30. The molecule has 3 N–H and O–H groups in total. The Morgan fingerprint density at radius 2 is 2.04 bits per heavy atom. The zero-order chi connectivity index (χ0) is 33.1. The molecule has 1 fully saturated rings. The molecule has 0 aliphatic carbocycles. The molecule has 0 spiro atoms. The van der Waals surface area contributed by atoms with E-state index in [4.69, 9.17) is 31.8 Å². The smallest absolute Gasteiger partial charge is 0.451 e. The molecule has 4 aromatic rings. The second-order valence-electron chi connectivity index (χ2n) is 11.5. The molecule has 6 rings (SSSR count). The number of ether oxygens (including phenoxy) is 2. The molecule has 0 saturated carbocycles. The summed E-state index contributed by atoms with van der Waals surface area (Å²) in [6.07, 6.45) is 1.51. The number of nitrogens with one attached hydrogen (secondary N) is 1. The maximum Gasteiger partial charge on any atom is 0.451 e. The van der Waals surface area contributed by atoms with E-state index in [0.717, 1.165) is 36.5 Å². The van der Waals surface area contributed by atoms with Crippen molar-refractivity contribution in [1.82, 2.24) is 29.6 Å². The summed E-state index contributed by atoms with van der Waals surface area (Å²) in [5.74, 6) is -0.385. The van der Waals surface area contributed by atoms with Crippen LogP contribution in [0.3, 0.4) is 0 Å². The lowest BCUT2D eigenvalue weighted by atomic mass is 9.99. The molecule has 2 aliphatic rings. The van der Waals surface area contributed by atoms with Crippen LogP contribution in [0.25, 0.3) is 17.3 Å². The van der Waals surface area contributed by atoms with Crippen molar-refractivity contribution in [3.05, 3.63) is 99.4 Å². The van der Waals surface area contributed by atoms with Gasteiger partial charge in [0, 0.05) is 36.0 Å². The van der Waals surface area contributed by atoms with Gasteiger partial charge in [-0.3, -0.25) is 10.00 Å². The highest BCUT2D eigenvalue weighted by molar-refractivity contribution is 6.30. The molecule has 14 heteroatoms. The van der Waals surface area contributed by atoms with Crippen molar-refractivity contribution in [2.24, 2.45) is 5.73 Å². The summed E-state index contributed by atoms with van der Waals surface area (Å²) in [5.41, 5.74) is 10.3. The molecule has 2 aromatic carbocycles. The molecule has 1 atom stereocenters. The number of aromatic nitrogens is 5. The number of halogens is 5. The quantitative estimate of drug-likeness (QED) is 0.176. The number of benzene rings is 2. The fraction of sp³-hybridized carbons (Fsp3) is 0.364. The molecule has 0 unspecified atom stereocenters. The third-order valence-electron chi connectivity index (χ3n) is 8.27. The maximum absolute atomic E-state index is 14.2. The highest BCUT2D eigenvalue weighted by atomic mass is 35.5. The predicted molar refractivity (Wildman–Crippen MR) is 169 cm³/mol. The summed E-state index contributed by atoms with van der Waals surface area (Å²) in [6, 6.07) is 12.3. The Bertz CT molecular complexity index is 1800. The second-order valence-corrected chi connectivity index (χ2v) is 11.9. The van der Waals surface area contributed by atoms with Crippen LogP contribution in [0.2, 0.25) is 5.02 Å². The Morgan fingerprint density at radius 1 is 1.21 bits per heavy atom. The lowest BCUT2D eigenvalue weighted by molar-refractivity contribution is -0.144. The number of alkyl halides is 3. The van der Waals surface area contributed by atoms with Gasteiger partial charge < -0.3 is 19.8 Å². The van der Waals surface area contributed by atoms with Crippen LogP contribution >= 0.6 is 11.6 Å². The molecule has 2 aromatic heterocycles. The average molecular weight is 672 g/mol. The van der Waals surface area contributed by atoms with Crippen LogP contribution < -0.4 is 10.5 Å². The van der Waals surface area contributed by atoms with Crippen LogP contribution in [0.5, 0.6) is 5.75 Å². The first-order chi connectivity index (χ1) is 22.6. The highest BCUT2D eigenvalue weighted by Crippen LogP contribution is 2.29. The van der Waals surface area contributed by atoms with Crippen molar-refractivity contribution < 1.29 is 27.0 Å². The minimum absolute atomic E-state index is 0.0161. The van der Waals surface area contributed by atoms with Crippen molar-refractivity contribution in [1.29, 1.82) is 0 Å². The topological polar surface area (TPSA) is 107 Å². The predicted octanol–water partition coefficient (Wildman–Crippen LogP) is 6.49. The normalized spacial score (nSPS) is 17.4. The van der Waals surface area contributed by atoms with E-state index in [9.17, 15) is 17.6 Å². The highest BCUT2D eigenvalue weighted by Gasteiger charge is 2.35. The SMILES string of the molecule is CCc1c(/C=C(\N)c2n[nH]c(C(F)(F)F)n2)nc(CN2CC=C(c3cccc(OCc4ccc(Cl)cc4F)c3)CC2)n1C[C@@H]1CCO1. The van der Waals surface area contributed by atoms with E-state index < -0.39 is 17.8 Å². The van der Waals surface area contributed by atoms with E-state index in [1.807, 2.05) is 36.3 Å². The fourth-order valence-corrected chi connectivity index (χ4v) is 5.80. The van der Waals surface area contributed by atoms with Gasteiger partial charge in [-0.05, 0) is 60.7 Å². The van der Waals surface area contributed by atoms with Crippen LogP contribution in [0.15, 0.2) is 48.5 Å². The maximum atomic E-state index is 14.2. The number of nitrogens with two attached hydrogens (primary N) is 1. The van der Waals surface area contributed by atoms with Gasteiger partial charge in [-0.1, -0.05) is 42.8 Å². The lowest BCUT2D eigenvalue weighted by Crippen LogP contribution is -2.34. The Labute approximate surface area is 274 Å². The number of imidazole rings is 1. The van der Waals surface area contributed by atoms with Crippen molar-refractivity contribution in [3.8, 4) is 5.75 Å². The van der Waals surface area contributed by atoms with Gasteiger partial charge in [-0.15, -0.1) is 0 Å². The van der Waals surface area contributed by atoms with E-state index in [-0.39, 0.29) is 24.2 Å². The Hall–Kier alpha value is -4.20. The summed E-state index contributed by atoms with van der Waals surface area (Å²) in [7, 11) is 0. The van der Waals surface area contributed by atoms with Crippen molar-refractivity contribution in [2.45, 2.75) is 58.2 Å². The van der Waals surface area contributed by atoms with E-state index in [1.54, 1.807) is 12.1 Å². The standard InChI is InChI=1S/C33H34ClF4N7O2/c1-2-29-28(16-27(39)31-41-32(43-42-31)33(36,37)38)40-30(45(29)17-25-10-13-46-25)18-44-11-8-20(9-12-44)21-4-3-5-24(14-21)47-19-22-6-7-23(34)15-26(22)35/h3-8,14-16,25H,2,9-13,17-19,39H2,1H3,(H,41,42,43)/b27-16-/t25-/m0/s1. The third-order valence-corrected chi connectivity index (χ3v) is 8.51. The molecule has 0 amide bonds. The molecule has 4 heterocycles. The van der Waals surface area contributed by atoms with Crippen LogP contribution in [0, 0.1) is 5.82 Å². The average Bonchev–Trinajstić information content (AvgIpc) is 3.65. The molecule has 1 saturated heterocycles. The Morgan fingerprint density at radius 3 is 2.70 bits per heavy atom. The molecular weight excluding hydrogens is 638 g/mol. The van der Waals surface area contributed by atoms with Crippen molar-refractivity contribution >= 4 is 28.9 Å². The van der Waals surface area contributed by atoms with Crippen molar-refractivity contribution in [2.75, 3.05) is 19.7 Å². The van der Waals surface area contributed by atoms with E-state index in [2.05, 4.69) is 25.6 Å². The first kappa shape index (κ1) is 32.7. The summed E-state index contributed by atoms with van der Waals surface area (Å²) in [6.45, 7) is 5.47. The first-order valence-corrected chi connectivity index (χ1v) is 15.7. The molecule has 0 bridgehead atoms. The van der Waals surface area contributed by atoms with Gasteiger partial charge in [0.25, 0.3) is 0 Å². The zero-order valence-electron chi connectivity index (χ0n) is 25.7. The van der Waals surface area contributed by atoms with Crippen molar-refractivity contribution in [3.63, 3.8) is 0 Å². The Balaban J connectivity index is 1.17. The second kappa shape index (κ2) is 13.9. The molecule has 9 nitrogen and oxygen atoms in total. The van der Waals surface area contributed by atoms with Gasteiger partial charge in [0.1, 0.15) is 24.0 Å². The molecule has 248 valence electrons. The zero-order valence-corrected chi connectivity index (χ0v) is 26.4. The van der Waals surface area contributed by atoms with Gasteiger partial charge in [-0.25, -0.2) is 14.4 Å². The van der Waals surface area contributed by atoms with Gasteiger partial charge in [0.2, 0.25) is 5.82 Å². The number of nitrogens with zero attached hydrogens (tertiary/aromatic N) is 5. The van der Waals surface area contributed by atoms with Crippen LogP contribution in [-0.4, -0.2) is 55.4 Å². The number of hydrogen-bond donors (Lipinski definition) is 2. The monoisotopic (exact) mass is 671 g/mol. The summed E-state index contributed by atoms with van der Waals surface area (Å²) in [5, 5.41) is 5.89. The largest absolute Gasteiger partial charge is 0.489 e. The van der Waals surface area contributed by atoms with Crippen LogP contribution in [0.1, 0.15) is 59.8 Å². The van der Waals surface area contributed by atoms with Crippen LogP contribution in [0.4, 0.5) is 17.6 Å². The fourth-order valence-electron chi connectivity index (χ4n) is 5.65. The van der Waals surface area contributed by atoms with Gasteiger partial charge in [-0.2, -0.15) is 18.3 Å². The number of hydrogen-bond acceptors (Lipinski definition) is 7. The summed E-state index contributed by atoms with van der Waals surface area (Å²) >= 11 is 5.86. The first-order valence-electron chi connectivity index (χ1n) is 15.3. The van der Waals surface area contributed by atoms with Gasteiger partial charge in [0.05, 0.1) is 30.6 Å². The van der Waals surface area contributed by atoms with E-state index in [0.29, 0.717) is 54.7 Å². The van der Waals surface area contributed by atoms with Crippen LogP contribution in [-0.2, 0) is 37.0 Å². The third kappa shape index (κ3) is 7.69. The number of aromatic amines is 1. The number of H-pyrrole nitrogens is 1.